The first kappa shape index (κ1) is 17.0. The van der Waals surface area contributed by atoms with Gasteiger partial charge in [-0.25, -0.2) is 0 Å². The number of hydrogen-bond donors (Lipinski definition) is 0. The van der Waals surface area contributed by atoms with E-state index < -0.39 is 17.1 Å². The number of esters is 1. The molecule has 25 heavy (non-hydrogen) atoms. The number of benzene rings is 2. The van der Waals surface area contributed by atoms with E-state index in [2.05, 4.69) is 4.74 Å². The van der Waals surface area contributed by atoms with Gasteiger partial charge in [0, 0.05) is 5.39 Å². The SMILES string of the molecule is COC(=O)CN1C(=O)S/C(=C\c2ccc(OC)c3ccccc23)C1=O. The van der Waals surface area contributed by atoms with Crippen LogP contribution in [0.2, 0.25) is 0 Å². The lowest BCUT2D eigenvalue weighted by Gasteiger charge is -2.10. The second-order valence-electron chi connectivity index (χ2n) is 5.25. The minimum absolute atomic E-state index is 0.268. The van der Waals surface area contributed by atoms with E-state index in [-0.39, 0.29) is 11.4 Å². The normalized spacial score (nSPS) is 15.9. The van der Waals surface area contributed by atoms with Crippen LogP contribution in [0.15, 0.2) is 41.3 Å². The van der Waals surface area contributed by atoms with Crippen molar-refractivity contribution >= 4 is 45.7 Å². The average molecular weight is 357 g/mol. The number of imide groups is 1. The van der Waals surface area contributed by atoms with Crippen LogP contribution in [0, 0.1) is 0 Å². The van der Waals surface area contributed by atoms with Crippen molar-refractivity contribution in [1.82, 2.24) is 4.90 Å². The Morgan fingerprint density at radius 3 is 2.52 bits per heavy atom. The highest BCUT2D eigenvalue weighted by Gasteiger charge is 2.36. The molecule has 6 nitrogen and oxygen atoms in total. The summed E-state index contributed by atoms with van der Waals surface area (Å²) in [5, 5.41) is 1.33. The number of fused-ring (bicyclic) bond motifs is 1. The number of amides is 2. The summed E-state index contributed by atoms with van der Waals surface area (Å²) in [6, 6.07) is 11.3. The molecule has 3 rings (SSSR count). The van der Waals surface area contributed by atoms with Gasteiger partial charge < -0.3 is 9.47 Å². The van der Waals surface area contributed by atoms with Gasteiger partial charge in [0.2, 0.25) is 0 Å². The second-order valence-corrected chi connectivity index (χ2v) is 6.24. The highest BCUT2D eigenvalue weighted by atomic mass is 32.2. The van der Waals surface area contributed by atoms with Gasteiger partial charge in [0.15, 0.2) is 0 Å². The first-order valence-electron chi connectivity index (χ1n) is 7.43. The van der Waals surface area contributed by atoms with Crippen molar-refractivity contribution in [2.24, 2.45) is 0 Å². The van der Waals surface area contributed by atoms with Crippen molar-refractivity contribution < 1.29 is 23.9 Å². The van der Waals surface area contributed by atoms with E-state index in [4.69, 9.17) is 4.74 Å². The van der Waals surface area contributed by atoms with E-state index in [1.54, 1.807) is 13.2 Å². The molecule has 0 unspecified atom stereocenters. The predicted octanol–water partition coefficient (Wildman–Crippen LogP) is 3.06. The zero-order valence-corrected chi connectivity index (χ0v) is 14.5. The maximum absolute atomic E-state index is 12.4. The highest BCUT2D eigenvalue weighted by Crippen LogP contribution is 2.35. The molecular weight excluding hydrogens is 342 g/mol. The Morgan fingerprint density at radius 2 is 1.84 bits per heavy atom. The minimum Gasteiger partial charge on any atom is -0.496 e. The van der Waals surface area contributed by atoms with E-state index in [0.717, 1.165) is 38.7 Å². The maximum Gasteiger partial charge on any atom is 0.325 e. The Balaban J connectivity index is 1.99. The van der Waals surface area contributed by atoms with Crippen LogP contribution in [0.5, 0.6) is 5.75 Å². The first-order chi connectivity index (χ1) is 12.0. The Morgan fingerprint density at radius 1 is 1.12 bits per heavy atom. The minimum atomic E-state index is -0.640. The van der Waals surface area contributed by atoms with E-state index in [1.165, 1.54) is 7.11 Å². The van der Waals surface area contributed by atoms with Crippen LogP contribution in [0.3, 0.4) is 0 Å². The average Bonchev–Trinajstić information content (AvgIpc) is 2.89. The van der Waals surface area contributed by atoms with Crippen molar-refractivity contribution in [3.05, 3.63) is 46.9 Å². The lowest BCUT2D eigenvalue weighted by molar-refractivity contribution is -0.143. The smallest absolute Gasteiger partial charge is 0.325 e. The zero-order chi connectivity index (χ0) is 18.0. The molecule has 0 radical (unpaired) electrons. The van der Waals surface area contributed by atoms with Gasteiger partial charge in [0.05, 0.1) is 19.1 Å². The van der Waals surface area contributed by atoms with Crippen LogP contribution in [-0.4, -0.2) is 42.8 Å². The molecule has 0 aliphatic carbocycles. The molecule has 1 aliphatic rings. The summed E-state index contributed by atoms with van der Waals surface area (Å²) in [6.45, 7) is -0.387. The van der Waals surface area contributed by atoms with Gasteiger partial charge >= 0.3 is 5.97 Å². The second kappa shape index (κ2) is 6.98. The van der Waals surface area contributed by atoms with E-state index in [0.29, 0.717) is 0 Å². The fourth-order valence-electron chi connectivity index (χ4n) is 2.57. The number of carbonyl (C=O) groups excluding carboxylic acids is 3. The van der Waals surface area contributed by atoms with Crippen molar-refractivity contribution in [2.45, 2.75) is 0 Å². The van der Waals surface area contributed by atoms with Crippen molar-refractivity contribution in [3.8, 4) is 5.75 Å². The molecule has 128 valence electrons. The van der Waals surface area contributed by atoms with E-state index >= 15 is 0 Å². The summed E-state index contributed by atoms with van der Waals surface area (Å²) in [7, 11) is 2.81. The Hall–Kier alpha value is -2.80. The van der Waals surface area contributed by atoms with Gasteiger partial charge in [-0.15, -0.1) is 0 Å². The lowest BCUT2D eigenvalue weighted by atomic mass is 10.0. The molecule has 0 aromatic heterocycles. The molecule has 2 amide bonds. The van der Waals surface area contributed by atoms with Gasteiger partial charge in [0.25, 0.3) is 11.1 Å². The molecule has 0 spiro atoms. The third-order valence-electron chi connectivity index (χ3n) is 3.81. The topological polar surface area (TPSA) is 72.9 Å². The monoisotopic (exact) mass is 357 g/mol. The van der Waals surface area contributed by atoms with E-state index in [9.17, 15) is 14.4 Å². The van der Waals surface area contributed by atoms with Crippen LogP contribution >= 0.6 is 11.8 Å². The molecule has 0 atom stereocenters. The summed E-state index contributed by atoms with van der Waals surface area (Å²) in [5.41, 5.74) is 0.792. The van der Waals surface area contributed by atoms with Crippen LogP contribution in [0.1, 0.15) is 5.56 Å². The maximum atomic E-state index is 12.4. The van der Waals surface area contributed by atoms with Gasteiger partial charge in [-0.2, -0.15) is 0 Å². The number of nitrogens with zero attached hydrogens (tertiary/aromatic N) is 1. The third kappa shape index (κ3) is 3.23. The van der Waals surface area contributed by atoms with Crippen LogP contribution in [-0.2, 0) is 14.3 Å². The van der Waals surface area contributed by atoms with Crippen LogP contribution < -0.4 is 4.74 Å². The van der Waals surface area contributed by atoms with Crippen molar-refractivity contribution in [2.75, 3.05) is 20.8 Å². The van der Waals surface area contributed by atoms with Gasteiger partial charge in [-0.3, -0.25) is 19.3 Å². The Bertz CT molecular complexity index is 905. The van der Waals surface area contributed by atoms with Crippen molar-refractivity contribution in [1.29, 1.82) is 0 Å². The summed E-state index contributed by atoms with van der Waals surface area (Å²) in [4.78, 5) is 36.9. The molecule has 1 aliphatic heterocycles. The molecule has 0 bridgehead atoms. The highest BCUT2D eigenvalue weighted by molar-refractivity contribution is 8.18. The summed E-state index contributed by atoms with van der Waals surface area (Å²) in [5.74, 6) is -0.412. The number of ether oxygens (including phenoxy) is 2. The van der Waals surface area contributed by atoms with Gasteiger partial charge in [-0.1, -0.05) is 30.3 Å². The quantitative estimate of drug-likeness (QED) is 0.619. The van der Waals surface area contributed by atoms with Crippen molar-refractivity contribution in [3.63, 3.8) is 0 Å². The zero-order valence-electron chi connectivity index (χ0n) is 13.6. The number of thioether (sulfide) groups is 1. The molecule has 1 saturated heterocycles. The van der Waals surface area contributed by atoms with Gasteiger partial charge in [0.1, 0.15) is 12.3 Å². The molecule has 0 saturated carbocycles. The predicted molar refractivity (Wildman–Crippen MR) is 95.2 cm³/mol. The fraction of sp³-hybridized carbons (Fsp3) is 0.167. The largest absolute Gasteiger partial charge is 0.496 e. The van der Waals surface area contributed by atoms with Gasteiger partial charge in [-0.05, 0) is 34.9 Å². The molecule has 0 N–H and O–H groups in total. The first-order valence-corrected chi connectivity index (χ1v) is 8.24. The molecule has 2 aromatic carbocycles. The number of carbonyl (C=O) groups is 3. The molecule has 1 fully saturated rings. The fourth-order valence-corrected chi connectivity index (χ4v) is 3.40. The van der Waals surface area contributed by atoms with Crippen LogP contribution in [0.4, 0.5) is 4.79 Å². The van der Waals surface area contributed by atoms with E-state index in [1.807, 2.05) is 36.4 Å². The number of methoxy groups -OCH3 is 2. The number of hydrogen-bond acceptors (Lipinski definition) is 6. The van der Waals surface area contributed by atoms with Crippen LogP contribution in [0.25, 0.3) is 16.8 Å². The summed E-state index contributed by atoms with van der Waals surface area (Å²) in [6.07, 6.45) is 1.66. The number of rotatable bonds is 4. The molecular formula is C18H15NO5S. The standard InChI is InChI=1S/C18H15NO5S/c1-23-14-8-7-11(12-5-3-4-6-13(12)14)9-15-17(21)19(18(22)25-15)10-16(20)24-2/h3-9H,10H2,1-2H3/b15-9-. The summed E-state index contributed by atoms with van der Waals surface area (Å²) < 4.78 is 9.88. The summed E-state index contributed by atoms with van der Waals surface area (Å²) >= 11 is 0.807. The molecule has 1 heterocycles. The Kier molecular flexibility index (Phi) is 4.76. The Labute approximate surface area is 148 Å². The molecule has 7 heteroatoms. The molecule has 2 aromatic rings. The third-order valence-corrected chi connectivity index (χ3v) is 4.72. The lowest BCUT2D eigenvalue weighted by Crippen LogP contribution is -2.34.